The van der Waals surface area contributed by atoms with Gasteiger partial charge in [0.2, 0.25) is 0 Å². The Balaban J connectivity index is 0.00000288. The lowest BCUT2D eigenvalue weighted by molar-refractivity contribution is -0.137. The van der Waals surface area contributed by atoms with Crippen LogP contribution in [0.4, 0.5) is 18.9 Å². The Morgan fingerprint density at radius 3 is 2.40 bits per heavy atom. The number of alkyl halides is 3. The fourth-order valence-electron chi connectivity index (χ4n) is 1.90. The molecular weight excluding hydrogens is 398 g/mol. The first-order valence-corrected chi connectivity index (χ1v) is 7.76. The third-order valence-electron chi connectivity index (χ3n) is 3.06. The Morgan fingerprint density at radius 1 is 1.28 bits per heavy atom. The summed E-state index contributed by atoms with van der Waals surface area (Å²) in [4.78, 5) is 16.3. The number of thiazole rings is 1. The smallest absolute Gasteiger partial charge is 0.326 e. The number of rotatable bonds is 4. The summed E-state index contributed by atoms with van der Waals surface area (Å²) in [6.45, 7) is 3.84. The molecule has 140 valence electrons. The second-order valence-corrected chi connectivity index (χ2v) is 6.19. The highest BCUT2D eigenvalue weighted by atomic mass is 35.5. The Bertz CT molecular complexity index is 720. The maximum Gasteiger partial charge on any atom is 0.416 e. The highest BCUT2D eigenvalue weighted by Gasteiger charge is 2.31. The molecular formula is C15H18Cl2F3N3OS. The van der Waals surface area contributed by atoms with Gasteiger partial charge in [-0.05, 0) is 23.8 Å². The van der Waals surface area contributed by atoms with Gasteiger partial charge in [0.15, 0.2) is 0 Å². The third-order valence-corrected chi connectivity index (χ3v) is 4.21. The number of nitrogens with one attached hydrogen (secondary N) is 1. The van der Waals surface area contributed by atoms with Crippen LogP contribution < -0.4 is 11.1 Å². The summed E-state index contributed by atoms with van der Waals surface area (Å²) in [7, 11) is 0. The van der Waals surface area contributed by atoms with Crippen molar-refractivity contribution in [3.63, 3.8) is 0 Å². The number of hydrogen-bond donors (Lipinski definition) is 2. The number of nitrogens with two attached hydrogens (primary N) is 1. The van der Waals surface area contributed by atoms with Crippen LogP contribution in [0.1, 0.15) is 46.4 Å². The summed E-state index contributed by atoms with van der Waals surface area (Å²) < 4.78 is 38.6. The van der Waals surface area contributed by atoms with E-state index in [4.69, 9.17) is 5.73 Å². The van der Waals surface area contributed by atoms with E-state index < -0.39 is 17.6 Å². The first kappa shape index (κ1) is 23.6. The van der Waals surface area contributed by atoms with Crippen molar-refractivity contribution in [1.82, 2.24) is 4.98 Å². The monoisotopic (exact) mass is 415 g/mol. The lowest BCUT2D eigenvalue weighted by Crippen LogP contribution is -2.15. The number of aromatic nitrogens is 1. The molecule has 0 unspecified atom stereocenters. The van der Waals surface area contributed by atoms with E-state index in [-0.39, 0.29) is 54.2 Å². The first-order chi connectivity index (χ1) is 10.7. The average molecular weight is 416 g/mol. The molecule has 1 aromatic carbocycles. The fraction of sp³-hybridized carbons (Fsp3) is 0.333. The van der Waals surface area contributed by atoms with E-state index in [1.54, 1.807) is 5.38 Å². The van der Waals surface area contributed by atoms with E-state index in [1.165, 1.54) is 17.4 Å². The van der Waals surface area contributed by atoms with Crippen molar-refractivity contribution in [2.45, 2.75) is 32.5 Å². The fourth-order valence-corrected chi connectivity index (χ4v) is 2.71. The van der Waals surface area contributed by atoms with Crippen molar-refractivity contribution >= 4 is 47.7 Å². The SMILES string of the molecule is CC(C)c1nc(C(=O)Nc2cc(CN)cc(C(F)(F)F)c2)cs1.Cl.Cl. The predicted molar refractivity (Wildman–Crippen MR) is 98.0 cm³/mol. The van der Waals surface area contributed by atoms with Gasteiger partial charge in [-0.3, -0.25) is 4.79 Å². The molecule has 0 bridgehead atoms. The van der Waals surface area contributed by atoms with E-state index in [0.717, 1.165) is 17.1 Å². The normalized spacial score (nSPS) is 10.8. The van der Waals surface area contributed by atoms with Crippen LogP contribution in [0, 0.1) is 0 Å². The van der Waals surface area contributed by atoms with E-state index in [0.29, 0.717) is 0 Å². The van der Waals surface area contributed by atoms with E-state index >= 15 is 0 Å². The van der Waals surface area contributed by atoms with Crippen LogP contribution in [0.25, 0.3) is 0 Å². The average Bonchev–Trinajstić information content (AvgIpc) is 2.96. The van der Waals surface area contributed by atoms with Crippen molar-refractivity contribution in [2.24, 2.45) is 5.73 Å². The van der Waals surface area contributed by atoms with Gasteiger partial charge >= 0.3 is 6.18 Å². The van der Waals surface area contributed by atoms with Crippen molar-refractivity contribution in [2.75, 3.05) is 5.32 Å². The number of hydrogen-bond acceptors (Lipinski definition) is 4. The van der Waals surface area contributed by atoms with Gasteiger partial charge < -0.3 is 11.1 Å². The van der Waals surface area contributed by atoms with Crippen LogP contribution in [0.15, 0.2) is 23.6 Å². The second-order valence-electron chi connectivity index (χ2n) is 5.30. The summed E-state index contributed by atoms with van der Waals surface area (Å²) >= 11 is 1.34. The molecule has 0 saturated heterocycles. The summed E-state index contributed by atoms with van der Waals surface area (Å²) in [5.41, 5.74) is 5.09. The number of halogens is 5. The van der Waals surface area contributed by atoms with Crippen LogP contribution >= 0.6 is 36.2 Å². The van der Waals surface area contributed by atoms with Crippen molar-refractivity contribution in [3.8, 4) is 0 Å². The number of amides is 1. The topological polar surface area (TPSA) is 68.0 Å². The number of benzene rings is 1. The van der Waals surface area contributed by atoms with E-state index in [9.17, 15) is 18.0 Å². The number of carbonyl (C=O) groups excluding carboxylic acids is 1. The number of carbonyl (C=O) groups is 1. The summed E-state index contributed by atoms with van der Waals surface area (Å²) in [5.74, 6) is -0.366. The molecule has 0 atom stereocenters. The summed E-state index contributed by atoms with van der Waals surface area (Å²) in [6.07, 6.45) is -4.50. The third kappa shape index (κ3) is 6.14. The molecule has 2 rings (SSSR count). The number of anilines is 1. The molecule has 4 nitrogen and oxygen atoms in total. The maximum absolute atomic E-state index is 12.9. The van der Waals surface area contributed by atoms with Gasteiger partial charge in [-0.1, -0.05) is 13.8 Å². The van der Waals surface area contributed by atoms with Gasteiger partial charge in [0, 0.05) is 23.5 Å². The van der Waals surface area contributed by atoms with Crippen molar-refractivity contribution in [1.29, 1.82) is 0 Å². The zero-order valence-corrected chi connectivity index (χ0v) is 15.8. The molecule has 0 radical (unpaired) electrons. The molecule has 1 heterocycles. The molecule has 0 spiro atoms. The maximum atomic E-state index is 12.9. The Morgan fingerprint density at radius 2 is 1.92 bits per heavy atom. The second kappa shape index (κ2) is 9.38. The molecule has 0 aliphatic carbocycles. The predicted octanol–water partition coefficient (Wildman–Crippen LogP) is 4.84. The Kier molecular flexibility index (Phi) is 8.87. The molecule has 0 aliphatic heterocycles. The summed E-state index contributed by atoms with van der Waals surface area (Å²) in [6, 6.07) is 3.27. The molecule has 0 saturated carbocycles. The summed E-state index contributed by atoms with van der Waals surface area (Å²) in [5, 5.41) is 4.83. The standard InChI is InChI=1S/C15H16F3N3OS.2ClH/c1-8(2)14-21-12(7-23-14)13(22)20-11-4-9(6-19)3-10(5-11)15(16,17)18;;/h3-5,7-8H,6,19H2,1-2H3,(H,20,22);2*1H. The molecule has 1 aromatic heterocycles. The lowest BCUT2D eigenvalue weighted by atomic mass is 10.1. The minimum atomic E-state index is -4.50. The highest BCUT2D eigenvalue weighted by molar-refractivity contribution is 7.09. The van der Waals surface area contributed by atoms with Gasteiger partial charge in [-0.2, -0.15) is 13.2 Å². The Hall–Kier alpha value is -1.35. The van der Waals surface area contributed by atoms with Gasteiger partial charge in [-0.25, -0.2) is 4.98 Å². The van der Waals surface area contributed by atoms with Crippen molar-refractivity contribution < 1.29 is 18.0 Å². The minimum Gasteiger partial charge on any atom is -0.326 e. The number of nitrogens with zero attached hydrogens (tertiary/aromatic N) is 1. The minimum absolute atomic E-state index is 0. The van der Waals surface area contributed by atoms with E-state index in [1.807, 2.05) is 13.8 Å². The zero-order chi connectivity index (χ0) is 17.2. The van der Waals surface area contributed by atoms with Crippen LogP contribution in [-0.2, 0) is 12.7 Å². The highest BCUT2D eigenvalue weighted by Crippen LogP contribution is 2.32. The van der Waals surface area contributed by atoms with Crippen LogP contribution in [-0.4, -0.2) is 10.9 Å². The lowest BCUT2D eigenvalue weighted by Gasteiger charge is -2.12. The van der Waals surface area contributed by atoms with E-state index in [2.05, 4.69) is 10.3 Å². The molecule has 0 aliphatic rings. The quantitative estimate of drug-likeness (QED) is 0.750. The zero-order valence-electron chi connectivity index (χ0n) is 13.4. The Labute approximate surface area is 159 Å². The van der Waals surface area contributed by atoms with Gasteiger partial charge in [0.25, 0.3) is 5.91 Å². The molecule has 2 aromatic rings. The molecule has 3 N–H and O–H groups in total. The van der Waals surface area contributed by atoms with Crippen LogP contribution in [0.2, 0.25) is 0 Å². The molecule has 10 heteroatoms. The van der Waals surface area contributed by atoms with Gasteiger partial charge in [0.1, 0.15) is 5.69 Å². The van der Waals surface area contributed by atoms with Crippen molar-refractivity contribution in [3.05, 3.63) is 45.4 Å². The molecule has 0 fully saturated rings. The van der Waals surface area contributed by atoms with Gasteiger partial charge in [0.05, 0.1) is 10.6 Å². The first-order valence-electron chi connectivity index (χ1n) is 6.88. The molecule has 1 amide bonds. The molecule has 25 heavy (non-hydrogen) atoms. The van der Waals surface area contributed by atoms with Gasteiger partial charge in [-0.15, -0.1) is 36.2 Å². The van der Waals surface area contributed by atoms with Crippen LogP contribution in [0.3, 0.4) is 0 Å². The van der Waals surface area contributed by atoms with Crippen LogP contribution in [0.5, 0.6) is 0 Å². The largest absolute Gasteiger partial charge is 0.416 e.